The van der Waals surface area contributed by atoms with E-state index in [0.29, 0.717) is 30.5 Å². The second-order valence-corrected chi connectivity index (χ2v) is 4.78. The molecule has 0 bridgehead atoms. The molecule has 0 aliphatic carbocycles. The fraction of sp³-hybridized carbons (Fsp3) is 0.400. The molecule has 2 rings (SSSR count). The standard InChI is InChI=1S/C15H16N2O3/c16-10-11-4-6-12(7-5-11)17-14(18)9-8-13-2-1-3-15(19)20-13/h4-7,13H,1-3,8-9H2,(H,17,18). The molecule has 1 aromatic carbocycles. The van der Waals surface area contributed by atoms with Crippen LogP contribution in [0, 0.1) is 11.3 Å². The third-order valence-electron chi connectivity index (χ3n) is 3.20. The molecule has 1 N–H and O–H groups in total. The van der Waals surface area contributed by atoms with E-state index in [4.69, 9.17) is 10.00 Å². The Morgan fingerprint density at radius 1 is 1.40 bits per heavy atom. The molecule has 20 heavy (non-hydrogen) atoms. The average molecular weight is 272 g/mol. The summed E-state index contributed by atoms with van der Waals surface area (Å²) in [5.41, 5.74) is 1.21. The van der Waals surface area contributed by atoms with E-state index in [9.17, 15) is 9.59 Å². The number of hydrogen-bond donors (Lipinski definition) is 1. The molecule has 1 aliphatic heterocycles. The Kier molecular flexibility index (Phi) is 4.72. The third kappa shape index (κ3) is 4.09. The molecular weight excluding hydrogens is 256 g/mol. The zero-order valence-corrected chi connectivity index (χ0v) is 11.1. The van der Waals surface area contributed by atoms with Crippen LogP contribution in [-0.2, 0) is 14.3 Å². The van der Waals surface area contributed by atoms with Gasteiger partial charge >= 0.3 is 5.97 Å². The summed E-state index contributed by atoms with van der Waals surface area (Å²) in [5, 5.41) is 11.4. The summed E-state index contributed by atoms with van der Waals surface area (Å²) in [5.74, 6) is -0.287. The van der Waals surface area contributed by atoms with Gasteiger partial charge in [-0.1, -0.05) is 0 Å². The zero-order valence-electron chi connectivity index (χ0n) is 11.1. The van der Waals surface area contributed by atoms with Crippen molar-refractivity contribution in [2.45, 2.75) is 38.2 Å². The van der Waals surface area contributed by atoms with Crippen molar-refractivity contribution in [2.75, 3.05) is 5.32 Å². The van der Waals surface area contributed by atoms with Crippen LogP contribution < -0.4 is 5.32 Å². The second-order valence-electron chi connectivity index (χ2n) is 4.78. The maximum absolute atomic E-state index is 11.8. The van der Waals surface area contributed by atoms with E-state index in [1.807, 2.05) is 6.07 Å². The van der Waals surface area contributed by atoms with Crippen LogP contribution in [0.4, 0.5) is 5.69 Å². The van der Waals surface area contributed by atoms with Gasteiger partial charge < -0.3 is 10.1 Å². The number of carbonyl (C=O) groups excluding carboxylic acids is 2. The minimum atomic E-state index is -0.172. The molecule has 1 saturated heterocycles. The predicted octanol–water partition coefficient (Wildman–Crippen LogP) is 2.37. The van der Waals surface area contributed by atoms with Crippen molar-refractivity contribution >= 4 is 17.6 Å². The molecular formula is C15H16N2O3. The molecule has 0 aromatic heterocycles. The van der Waals surface area contributed by atoms with E-state index in [-0.39, 0.29) is 18.0 Å². The van der Waals surface area contributed by atoms with E-state index in [0.717, 1.165) is 12.8 Å². The summed E-state index contributed by atoms with van der Waals surface area (Å²) in [4.78, 5) is 22.9. The second kappa shape index (κ2) is 6.71. The van der Waals surface area contributed by atoms with Gasteiger partial charge in [0.2, 0.25) is 5.91 Å². The van der Waals surface area contributed by atoms with Gasteiger partial charge in [-0.3, -0.25) is 9.59 Å². The first-order valence-electron chi connectivity index (χ1n) is 6.67. The highest BCUT2D eigenvalue weighted by Crippen LogP contribution is 2.18. The predicted molar refractivity (Wildman–Crippen MR) is 72.8 cm³/mol. The van der Waals surface area contributed by atoms with Crippen LogP contribution >= 0.6 is 0 Å². The van der Waals surface area contributed by atoms with Crippen molar-refractivity contribution in [2.24, 2.45) is 0 Å². The minimum Gasteiger partial charge on any atom is -0.462 e. The van der Waals surface area contributed by atoms with Crippen molar-refractivity contribution in [1.82, 2.24) is 0 Å². The van der Waals surface area contributed by atoms with E-state index >= 15 is 0 Å². The Bertz CT molecular complexity index is 531. The summed E-state index contributed by atoms with van der Waals surface area (Å²) < 4.78 is 5.16. The van der Waals surface area contributed by atoms with Crippen LogP contribution in [0.1, 0.15) is 37.7 Å². The fourth-order valence-corrected chi connectivity index (χ4v) is 2.12. The van der Waals surface area contributed by atoms with Crippen molar-refractivity contribution < 1.29 is 14.3 Å². The Hall–Kier alpha value is -2.35. The number of anilines is 1. The third-order valence-corrected chi connectivity index (χ3v) is 3.20. The van der Waals surface area contributed by atoms with Gasteiger partial charge in [-0.2, -0.15) is 5.26 Å². The lowest BCUT2D eigenvalue weighted by Crippen LogP contribution is -2.25. The molecule has 1 atom stereocenters. The number of benzene rings is 1. The highest BCUT2D eigenvalue weighted by atomic mass is 16.5. The van der Waals surface area contributed by atoms with Crippen molar-refractivity contribution in [3.63, 3.8) is 0 Å². The van der Waals surface area contributed by atoms with Crippen molar-refractivity contribution in [3.8, 4) is 6.07 Å². The number of nitrogens with one attached hydrogen (secondary N) is 1. The van der Waals surface area contributed by atoms with Crippen molar-refractivity contribution in [3.05, 3.63) is 29.8 Å². The maximum Gasteiger partial charge on any atom is 0.306 e. The molecule has 1 unspecified atom stereocenters. The molecule has 1 aliphatic rings. The lowest BCUT2D eigenvalue weighted by molar-refractivity contribution is -0.154. The smallest absolute Gasteiger partial charge is 0.306 e. The first kappa shape index (κ1) is 14.1. The first-order chi connectivity index (χ1) is 9.67. The van der Waals surface area contributed by atoms with E-state index < -0.39 is 0 Å². The number of nitrogens with zero attached hydrogens (tertiary/aromatic N) is 1. The van der Waals surface area contributed by atoms with E-state index in [1.165, 1.54) is 0 Å². The number of cyclic esters (lactones) is 1. The molecule has 0 radical (unpaired) electrons. The maximum atomic E-state index is 11.8. The molecule has 5 heteroatoms. The quantitative estimate of drug-likeness (QED) is 0.853. The van der Waals surface area contributed by atoms with Gasteiger partial charge in [-0.05, 0) is 43.5 Å². The summed E-state index contributed by atoms with van der Waals surface area (Å²) >= 11 is 0. The van der Waals surface area contributed by atoms with Crippen LogP contribution in [0.5, 0.6) is 0 Å². The number of amides is 1. The number of rotatable bonds is 4. The molecule has 0 saturated carbocycles. The van der Waals surface area contributed by atoms with Gasteiger partial charge in [0.1, 0.15) is 6.10 Å². The van der Waals surface area contributed by atoms with Gasteiger partial charge in [0.05, 0.1) is 11.6 Å². The van der Waals surface area contributed by atoms with Crippen LogP contribution in [0.25, 0.3) is 0 Å². The van der Waals surface area contributed by atoms with Gasteiger partial charge in [-0.15, -0.1) is 0 Å². The van der Waals surface area contributed by atoms with E-state index in [1.54, 1.807) is 24.3 Å². The Labute approximate surface area is 117 Å². The van der Waals surface area contributed by atoms with Crippen LogP contribution in [-0.4, -0.2) is 18.0 Å². The highest BCUT2D eigenvalue weighted by molar-refractivity contribution is 5.90. The summed E-state index contributed by atoms with van der Waals surface area (Å²) in [6.07, 6.45) is 2.87. The summed E-state index contributed by atoms with van der Waals surface area (Å²) in [7, 11) is 0. The van der Waals surface area contributed by atoms with Gasteiger partial charge in [-0.25, -0.2) is 0 Å². The van der Waals surface area contributed by atoms with Gasteiger partial charge in [0, 0.05) is 18.5 Å². The minimum absolute atomic E-state index is 0.115. The number of carbonyl (C=O) groups is 2. The van der Waals surface area contributed by atoms with E-state index in [2.05, 4.69) is 5.32 Å². The molecule has 1 aromatic rings. The van der Waals surface area contributed by atoms with Crippen LogP contribution in [0.15, 0.2) is 24.3 Å². The molecule has 1 amide bonds. The van der Waals surface area contributed by atoms with Gasteiger partial charge in [0.25, 0.3) is 0 Å². The summed E-state index contributed by atoms with van der Waals surface area (Å²) in [6.45, 7) is 0. The normalized spacial score (nSPS) is 17.9. The van der Waals surface area contributed by atoms with Gasteiger partial charge in [0.15, 0.2) is 0 Å². The Morgan fingerprint density at radius 3 is 2.80 bits per heavy atom. The summed E-state index contributed by atoms with van der Waals surface area (Å²) in [6, 6.07) is 8.70. The Morgan fingerprint density at radius 2 is 2.15 bits per heavy atom. The molecule has 1 fully saturated rings. The monoisotopic (exact) mass is 272 g/mol. The SMILES string of the molecule is N#Cc1ccc(NC(=O)CCC2CCCC(=O)O2)cc1. The average Bonchev–Trinajstić information content (AvgIpc) is 2.46. The van der Waals surface area contributed by atoms with Crippen LogP contribution in [0.3, 0.4) is 0 Å². The fourth-order valence-electron chi connectivity index (χ4n) is 2.12. The number of hydrogen-bond acceptors (Lipinski definition) is 4. The largest absolute Gasteiger partial charge is 0.462 e. The molecule has 104 valence electrons. The number of nitriles is 1. The topological polar surface area (TPSA) is 79.2 Å². The number of esters is 1. The lowest BCUT2D eigenvalue weighted by Gasteiger charge is -2.21. The number of ether oxygens (including phenoxy) is 1. The molecule has 5 nitrogen and oxygen atoms in total. The van der Waals surface area contributed by atoms with Crippen molar-refractivity contribution in [1.29, 1.82) is 5.26 Å². The molecule has 0 spiro atoms. The lowest BCUT2D eigenvalue weighted by atomic mass is 10.0. The highest BCUT2D eigenvalue weighted by Gasteiger charge is 2.20. The molecule has 1 heterocycles. The first-order valence-corrected chi connectivity index (χ1v) is 6.67. The van der Waals surface area contributed by atoms with Crippen LogP contribution in [0.2, 0.25) is 0 Å². The zero-order chi connectivity index (χ0) is 14.4. The Balaban J connectivity index is 1.77.